The van der Waals surface area contributed by atoms with Crippen LogP contribution in [0.5, 0.6) is 0 Å². The lowest BCUT2D eigenvalue weighted by Gasteiger charge is -2.30. The number of alkyl halides is 2. The Morgan fingerprint density at radius 3 is 2.73 bits per heavy atom. The highest BCUT2D eigenvalue weighted by Crippen LogP contribution is 2.44. The largest absolute Gasteiger partial charge is 0.394 e. The normalized spacial score (nSPS) is 32.2. The van der Waals surface area contributed by atoms with Gasteiger partial charge < -0.3 is 25.8 Å². The average Bonchev–Trinajstić information content (AvgIpc) is 3.02. The van der Waals surface area contributed by atoms with Gasteiger partial charge in [-0.05, 0) is 12.1 Å². The molecule has 0 aromatic carbocycles. The summed E-state index contributed by atoms with van der Waals surface area (Å²) in [5.41, 5.74) is 3.20. The molecule has 22 heavy (non-hydrogen) atoms. The summed E-state index contributed by atoms with van der Waals surface area (Å²) in [5, 5.41) is 32.9. The van der Waals surface area contributed by atoms with Crippen LogP contribution in [0.2, 0.25) is 0 Å². The van der Waals surface area contributed by atoms with Crippen LogP contribution in [0.25, 0.3) is 5.52 Å². The fraction of sp³-hybridized carbons (Fsp3) is 0.500. The van der Waals surface area contributed by atoms with E-state index in [4.69, 9.17) is 15.6 Å². The van der Waals surface area contributed by atoms with Gasteiger partial charge in [-0.25, -0.2) is 18.3 Å². The number of aromatic nitrogens is 3. The Hall–Kier alpha value is -1.88. The average molecular weight is 316 g/mol. The van der Waals surface area contributed by atoms with Gasteiger partial charge >= 0.3 is 0 Å². The van der Waals surface area contributed by atoms with Crippen molar-refractivity contribution < 1.29 is 28.8 Å². The van der Waals surface area contributed by atoms with E-state index in [2.05, 4.69) is 10.1 Å². The van der Waals surface area contributed by atoms with Gasteiger partial charge in [-0.2, -0.15) is 5.10 Å². The lowest BCUT2D eigenvalue weighted by molar-refractivity contribution is -0.179. The third-order valence-corrected chi connectivity index (χ3v) is 3.88. The van der Waals surface area contributed by atoms with Crippen LogP contribution in [0.1, 0.15) is 5.69 Å². The quantitative estimate of drug-likeness (QED) is 0.565. The van der Waals surface area contributed by atoms with Gasteiger partial charge in [0.1, 0.15) is 30.2 Å². The molecule has 8 nitrogen and oxygen atoms in total. The fourth-order valence-corrected chi connectivity index (χ4v) is 2.75. The molecule has 0 spiro atoms. The van der Waals surface area contributed by atoms with Crippen molar-refractivity contribution in [3.05, 3.63) is 24.2 Å². The van der Waals surface area contributed by atoms with E-state index < -0.39 is 36.9 Å². The zero-order valence-electron chi connectivity index (χ0n) is 11.2. The van der Waals surface area contributed by atoms with Crippen LogP contribution in [0, 0.1) is 0 Å². The predicted molar refractivity (Wildman–Crippen MR) is 69.1 cm³/mol. The molecular weight excluding hydrogens is 302 g/mol. The molecule has 0 bridgehead atoms. The number of hydrogen-bond donors (Lipinski definition) is 4. The molecule has 5 N–H and O–H groups in total. The number of rotatable bonds is 3. The molecule has 0 amide bonds. The highest BCUT2D eigenvalue weighted by Gasteiger charge is 2.62. The molecule has 1 aliphatic heterocycles. The number of fused-ring (bicyclic) bond motifs is 1. The third kappa shape index (κ3) is 1.81. The summed E-state index contributed by atoms with van der Waals surface area (Å²) in [5.74, 6) is 0.0670. The maximum Gasteiger partial charge on any atom is 0.275 e. The first-order valence-electron chi connectivity index (χ1n) is 6.45. The number of aliphatic hydroxyl groups excluding tert-OH is 3. The van der Waals surface area contributed by atoms with Crippen LogP contribution in [0.15, 0.2) is 18.5 Å². The summed E-state index contributed by atoms with van der Waals surface area (Å²) < 4.78 is 33.7. The Balaban J connectivity index is 2.22. The summed E-state index contributed by atoms with van der Waals surface area (Å²) in [4.78, 5) is 3.75. The van der Waals surface area contributed by atoms with Crippen LogP contribution in [-0.2, 0) is 10.3 Å². The highest BCUT2D eigenvalue weighted by atomic mass is 19.3. The van der Waals surface area contributed by atoms with Gasteiger partial charge in [-0.3, -0.25) is 0 Å². The molecule has 1 saturated heterocycles. The number of aliphatic hydroxyl groups is 3. The van der Waals surface area contributed by atoms with Gasteiger partial charge in [0.05, 0.1) is 12.3 Å². The summed E-state index contributed by atoms with van der Waals surface area (Å²) in [7, 11) is 0. The molecule has 2 aromatic rings. The van der Waals surface area contributed by atoms with Crippen molar-refractivity contribution in [1.29, 1.82) is 0 Å². The molecule has 1 unspecified atom stereocenters. The Morgan fingerprint density at radius 2 is 2.14 bits per heavy atom. The van der Waals surface area contributed by atoms with Crippen molar-refractivity contribution in [2.75, 3.05) is 12.3 Å². The number of nitrogens with zero attached hydrogens (tertiary/aromatic N) is 3. The van der Waals surface area contributed by atoms with E-state index in [9.17, 15) is 19.0 Å². The zero-order valence-corrected chi connectivity index (χ0v) is 11.2. The van der Waals surface area contributed by atoms with Crippen LogP contribution in [0.3, 0.4) is 0 Å². The van der Waals surface area contributed by atoms with Crippen LogP contribution < -0.4 is 5.73 Å². The molecule has 3 heterocycles. The van der Waals surface area contributed by atoms with Crippen molar-refractivity contribution in [2.45, 2.75) is 30.3 Å². The minimum absolute atomic E-state index is 0.0670. The summed E-state index contributed by atoms with van der Waals surface area (Å²) in [6, 6.07) is 2.67. The Bertz CT molecular complexity index is 697. The fourth-order valence-electron chi connectivity index (χ4n) is 2.75. The van der Waals surface area contributed by atoms with E-state index in [0.717, 1.165) is 10.8 Å². The lowest BCUT2D eigenvalue weighted by Crippen LogP contribution is -2.47. The molecule has 0 saturated carbocycles. The molecule has 3 rings (SSSR count). The van der Waals surface area contributed by atoms with E-state index >= 15 is 0 Å². The van der Waals surface area contributed by atoms with Crippen molar-refractivity contribution in [2.24, 2.45) is 0 Å². The predicted octanol–water partition coefficient (Wildman–Crippen LogP) is -1.12. The van der Waals surface area contributed by atoms with Crippen LogP contribution in [0.4, 0.5) is 14.6 Å². The number of nitrogen functional groups attached to an aromatic ring is 1. The molecular formula is C12H14F2N4O4. The van der Waals surface area contributed by atoms with E-state index in [-0.39, 0.29) is 17.0 Å². The molecule has 0 radical (unpaired) electrons. The standard InChI is InChI=1S/C12H14F2N4O4/c13-11(14)12(9(21)8(20)6(3-19)22-12)7-2-1-5-10(15)16-4-17-18(5)7/h1-2,4,6,8-9,11,19-21H,3H2,(H2,15,16,17)/t6-,8?,9+,12+/m1/s1. The van der Waals surface area contributed by atoms with E-state index in [1.54, 1.807) is 0 Å². The minimum Gasteiger partial charge on any atom is -0.394 e. The van der Waals surface area contributed by atoms with Crippen LogP contribution >= 0.6 is 0 Å². The van der Waals surface area contributed by atoms with E-state index in [1.807, 2.05) is 0 Å². The van der Waals surface area contributed by atoms with Gasteiger partial charge in [0.25, 0.3) is 6.43 Å². The van der Waals surface area contributed by atoms with E-state index in [1.165, 1.54) is 12.1 Å². The molecule has 1 fully saturated rings. The maximum absolute atomic E-state index is 13.8. The van der Waals surface area contributed by atoms with Crippen molar-refractivity contribution in [3.8, 4) is 0 Å². The number of hydrogen-bond acceptors (Lipinski definition) is 7. The topological polar surface area (TPSA) is 126 Å². The van der Waals surface area contributed by atoms with Crippen molar-refractivity contribution in [3.63, 3.8) is 0 Å². The first-order chi connectivity index (χ1) is 10.4. The SMILES string of the molecule is Nc1ncnn2c([C@]3(C(F)F)O[C@H](CO)C(O)[C@@H]3O)ccc12. The number of ether oxygens (including phenoxy) is 1. The smallest absolute Gasteiger partial charge is 0.275 e. The first kappa shape index (κ1) is 15.0. The van der Waals surface area contributed by atoms with Crippen molar-refractivity contribution in [1.82, 2.24) is 14.6 Å². The third-order valence-electron chi connectivity index (χ3n) is 3.88. The second-order valence-electron chi connectivity index (χ2n) is 5.03. The van der Waals surface area contributed by atoms with Gasteiger partial charge in [0, 0.05) is 0 Å². The Kier molecular flexibility index (Phi) is 3.48. The summed E-state index contributed by atoms with van der Waals surface area (Å²) in [6.45, 7) is -0.715. The molecule has 0 aliphatic carbocycles. The second kappa shape index (κ2) is 5.09. The summed E-state index contributed by atoms with van der Waals surface area (Å²) >= 11 is 0. The van der Waals surface area contributed by atoms with Crippen LogP contribution in [-0.4, -0.2) is 61.3 Å². The van der Waals surface area contributed by atoms with Gasteiger partial charge in [0.2, 0.25) is 0 Å². The Morgan fingerprint density at radius 1 is 1.41 bits per heavy atom. The Labute approximate surface area is 122 Å². The highest BCUT2D eigenvalue weighted by molar-refractivity contribution is 5.65. The number of halogens is 2. The van der Waals surface area contributed by atoms with Gasteiger partial charge in [-0.15, -0.1) is 0 Å². The summed E-state index contributed by atoms with van der Waals surface area (Å²) in [6.07, 6.45) is -7.05. The lowest BCUT2D eigenvalue weighted by atomic mass is 9.91. The minimum atomic E-state index is -3.18. The molecule has 10 heteroatoms. The number of nitrogens with two attached hydrogens (primary N) is 1. The van der Waals surface area contributed by atoms with Gasteiger partial charge in [0.15, 0.2) is 11.4 Å². The second-order valence-corrected chi connectivity index (χ2v) is 5.03. The maximum atomic E-state index is 13.8. The zero-order chi connectivity index (χ0) is 16.1. The molecule has 1 aliphatic rings. The monoisotopic (exact) mass is 316 g/mol. The molecule has 2 aromatic heterocycles. The molecule has 120 valence electrons. The van der Waals surface area contributed by atoms with E-state index in [0.29, 0.717) is 0 Å². The van der Waals surface area contributed by atoms with Crippen molar-refractivity contribution >= 4 is 11.3 Å². The first-order valence-corrected chi connectivity index (χ1v) is 6.45. The number of anilines is 1. The van der Waals surface area contributed by atoms with Gasteiger partial charge in [-0.1, -0.05) is 0 Å². The molecule has 4 atom stereocenters.